The Labute approximate surface area is 151 Å². The maximum atomic E-state index is 12.3. The van der Waals surface area contributed by atoms with Gasteiger partial charge in [-0.3, -0.25) is 4.79 Å². The van der Waals surface area contributed by atoms with Crippen LogP contribution >= 0.6 is 0 Å². The highest BCUT2D eigenvalue weighted by Gasteiger charge is 2.28. The van der Waals surface area contributed by atoms with Crippen LogP contribution in [-0.4, -0.2) is 25.8 Å². The summed E-state index contributed by atoms with van der Waals surface area (Å²) in [6.07, 6.45) is 6.39. The summed E-state index contributed by atoms with van der Waals surface area (Å²) in [4.78, 5) is 20.2. The van der Waals surface area contributed by atoms with Crippen molar-refractivity contribution in [2.75, 3.05) is 5.32 Å². The zero-order chi connectivity index (χ0) is 17.5. The average molecular weight is 349 g/mol. The van der Waals surface area contributed by atoms with E-state index in [9.17, 15) is 4.79 Å². The number of para-hydroxylation sites is 2. The van der Waals surface area contributed by atoms with E-state index in [1.54, 1.807) is 10.7 Å². The fourth-order valence-electron chi connectivity index (χ4n) is 3.98. The van der Waals surface area contributed by atoms with Crippen molar-refractivity contribution in [2.24, 2.45) is 0 Å². The molecule has 0 amide bonds. The predicted molar refractivity (Wildman–Crippen MR) is 101 cm³/mol. The minimum atomic E-state index is 0.0306. The number of aromatic nitrogens is 4. The molecule has 134 valence electrons. The SMILES string of the molecule is O=c1ccc(C2CC2)nn1C1CCC(Nc2nc3ccccc3[nH]2)CC1. The molecule has 0 atom stereocenters. The second kappa shape index (κ2) is 6.27. The summed E-state index contributed by atoms with van der Waals surface area (Å²) < 4.78 is 1.74. The maximum absolute atomic E-state index is 12.3. The molecule has 5 rings (SSSR count). The van der Waals surface area contributed by atoms with Crippen molar-refractivity contribution in [1.29, 1.82) is 0 Å². The number of fused-ring (bicyclic) bond motifs is 1. The summed E-state index contributed by atoms with van der Waals surface area (Å²) >= 11 is 0. The zero-order valence-electron chi connectivity index (χ0n) is 14.7. The molecule has 2 fully saturated rings. The minimum absolute atomic E-state index is 0.0306. The van der Waals surface area contributed by atoms with Gasteiger partial charge in [0.05, 0.1) is 22.8 Å². The highest BCUT2D eigenvalue weighted by Crippen LogP contribution is 2.38. The first kappa shape index (κ1) is 15.6. The van der Waals surface area contributed by atoms with Crippen molar-refractivity contribution in [3.05, 3.63) is 52.4 Å². The van der Waals surface area contributed by atoms with Crippen molar-refractivity contribution >= 4 is 17.0 Å². The maximum Gasteiger partial charge on any atom is 0.267 e. The van der Waals surface area contributed by atoms with Crippen molar-refractivity contribution in [2.45, 2.75) is 56.5 Å². The van der Waals surface area contributed by atoms with E-state index in [2.05, 4.69) is 20.4 Å². The third-order valence-electron chi connectivity index (χ3n) is 5.61. The Bertz CT molecular complexity index is 946. The van der Waals surface area contributed by atoms with Crippen molar-refractivity contribution in [1.82, 2.24) is 19.7 Å². The van der Waals surface area contributed by atoms with Crippen LogP contribution in [0.3, 0.4) is 0 Å². The van der Waals surface area contributed by atoms with Gasteiger partial charge in [-0.2, -0.15) is 5.10 Å². The van der Waals surface area contributed by atoms with E-state index in [1.807, 2.05) is 30.3 Å². The molecule has 3 aromatic rings. The Morgan fingerprint density at radius 3 is 2.58 bits per heavy atom. The first-order chi connectivity index (χ1) is 12.8. The molecule has 6 heteroatoms. The summed E-state index contributed by atoms with van der Waals surface area (Å²) in [7, 11) is 0. The van der Waals surface area contributed by atoms with Gasteiger partial charge in [0, 0.05) is 18.0 Å². The van der Waals surface area contributed by atoms with Crippen molar-refractivity contribution in [3.8, 4) is 0 Å². The number of aromatic amines is 1. The second-order valence-corrected chi connectivity index (χ2v) is 7.57. The lowest BCUT2D eigenvalue weighted by Gasteiger charge is -2.29. The Morgan fingerprint density at radius 1 is 1.00 bits per heavy atom. The Kier molecular flexibility index (Phi) is 3.76. The van der Waals surface area contributed by atoms with Crippen molar-refractivity contribution in [3.63, 3.8) is 0 Å². The van der Waals surface area contributed by atoms with Crippen LogP contribution in [0.15, 0.2) is 41.2 Å². The number of hydrogen-bond donors (Lipinski definition) is 2. The third kappa shape index (κ3) is 3.00. The number of rotatable bonds is 4. The fraction of sp³-hybridized carbons (Fsp3) is 0.450. The van der Waals surface area contributed by atoms with Gasteiger partial charge in [-0.25, -0.2) is 9.67 Å². The fourth-order valence-corrected chi connectivity index (χ4v) is 3.98. The van der Waals surface area contributed by atoms with Gasteiger partial charge in [-0.05, 0) is 56.7 Å². The molecular formula is C20H23N5O. The quantitative estimate of drug-likeness (QED) is 0.755. The smallest absolute Gasteiger partial charge is 0.267 e. The van der Waals surface area contributed by atoms with Gasteiger partial charge >= 0.3 is 0 Å². The summed E-state index contributed by atoms with van der Waals surface area (Å²) in [5.74, 6) is 1.41. The van der Waals surface area contributed by atoms with Crippen molar-refractivity contribution < 1.29 is 0 Å². The predicted octanol–water partition coefficient (Wildman–Crippen LogP) is 3.59. The number of hydrogen-bond acceptors (Lipinski definition) is 4. The molecule has 0 saturated heterocycles. The molecule has 26 heavy (non-hydrogen) atoms. The van der Waals surface area contributed by atoms with Gasteiger partial charge < -0.3 is 10.3 Å². The Hall–Kier alpha value is -2.63. The molecule has 0 spiro atoms. The highest BCUT2D eigenvalue weighted by atomic mass is 16.1. The first-order valence-electron chi connectivity index (χ1n) is 9.57. The number of anilines is 1. The molecule has 0 radical (unpaired) electrons. The lowest BCUT2D eigenvalue weighted by molar-refractivity contribution is 0.301. The van der Waals surface area contributed by atoms with Gasteiger partial charge in [0.1, 0.15) is 0 Å². The Morgan fingerprint density at radius 2 is 1.81 bits per heavy atom. The number of nitrogens with one attached hydrogen (secondary N) is 2. The van der Waals surface area contributed by atoms with E-state index < -0.39 is 0 Å². The number of nitrogens with zero attached hydrogens (tertiary/aromatic N) is 3. The van der Waals surface area contributed by atoms with Gasteiger partial charge in [0.2, 0.25) is 5.95 Å². The van der Waals surface area contributed by atoms with Crippen LogP contribution in [0.2, 0.25) is 0 Å². The van der Waals surface area contributed by atoms with E-state index in [0.29, 0.717) is 12.0 Å². The van der Waals surface area contributed by atoms with E-state index in [0.717, 1.165) is 48.4 Å². The molecule has 0 bridgehead atoms. The van der Waals surface area contributed by atoms with Gasteiger partial charge in [0.25, 0.3) is 5.56 Å². The lowest BCUT2D eigenvalue weighted by Crippen LogP contribution is -2.33. The number of benzene rings is 1. The van der Waals surface area contributed by atoms with Crippen LogP contribution in [0.5, 0.6) is 0 Å². The van der Waals surface area contributed by atoms with E-state index in [4.69, 9.17) is 0 Å². The summed E-state index contributed by atoms with van der Waals surface area (Å²) in [6, 6.07) is 12.3. The molecule has 2 aliphatic rings. The topological polar surface area (TPSA) is 75.6 Å². The monoisotopic (exact) mass is 349 g/mol. The molecule has 2 aliphatic carbocycles. The van der Waals surface area contributed by atoms with Gasteiger partial charge in [-0.15, -0.1) is 0 Å². The van der Waals surface area contributed by atoms with Crippen LogP contribution in [0, 0.1) is 0 Å². The highest BCUT2D eigenvalue weighted by molar-refractivity contribution is 5.77. The molecule has 2 N–H and O–H groups in total. The second-order valence-electron chi connectivity index (χ2n) is 7.57. The third-order valence-corrected chi connectivity index (χ3v) is 5.61. The molecule has 0 aliphatic heterocycles. The first-order valence-corrected chi connectivity index (χ1v) is 9.57. The molecule has 6 nitrogen and oxygen atoms in total. The summed E-state index contributed by atoms with van der Waals surface area (Å²) in [5.41, 5.74) is 3.16. The van der Waals surface area contributed by atoms with Crippen LogP contribution in [0.4, 0.5) is 5.95 Å². The zero-order valence-corrected chi connectivity index (χ0v) is 14.7. The number of H-pyrrole nitrogens is 1. The van der Waals surface area contributed by atoms with E-state index in [-0.39, 0.29) is 11.6 Å². The molecule has 0 unspecified atom stereocenters. The molecule has 1 aromatic carbocycles. The Balaban J connectivity index is 1.26. The van der Waals surface area contributed by atoms with Crippen LogP contribution in [0.25, 0.3) is 11.0 Å². The van der Waals surface area contributed by atoms with Crippen LogP contribution < -0.4 is 10.9 Å². The van der Waals surface area contributed by atoms with Gasteiger partial charge in [-0.1, -0.05) is 12.1 Å². The van der Waals surface area contributed by atoms with Crippen LogP contribution in [0.1, 0.15) is 56.2 Å². The van der Waals surface area contributed by atoms with Gasteiger partial charge in [0.15, 0.2) is 0 Å². The average Bonchev–Trinajstić information content (AvgIpc) is 3.43. The summed E-state index contributed by atoms with van der Waals surface area (Å²) in [5, 5.41) is 8.18. The van der Waals surface area contributed by atoms with E-state index in [1.165, 1.54) is 12.8 Å². The summed E-state index contributed by atoms with van der Waals surface area (Å²) in [6.45, 7) is 0. The normalized spacial score (nSPS) is 23.2. The molecular weight excluding hydrogens is 326 g/mol. The lowest BCUT2D eigenvalue weighted by atomic mass is 9.91. The molecule has 2 aromatic heterocycles. The largest absolute Gasteiger partial charge is 0.353 e. The number of imidazole rings is 1. The molecule has 2 saturated carbocycles. The van der Waals surface area contributed by atoms with Crippen LogP contribution in [-0.2, 0) is 0 Å². The molecule has 2 heterocycles. The minimum Gasteiger partial charge on any atom is -0.353 e. The standard InChI is InChI=1S/C20H23N5O/c26-19-12-11-16(13-5-6-13)24-25(19)15-9-7-14(8-10-15)21-20-22-17-3-1-2-4-18(17)23-20/h1-4,11-15H,5-10H2,(H2,21,22,23). The van der Waals surface area contributed by atoms with E-state index >= 15 is 0 Å².